The minimum absolute atomic E-state index is 0.0674. The van der Waals surface area contributed by atoms with Crippen LogP contribution in [0.3, 0.4) is 0 Å². The first kappa shape index (κ1) is 15.7. The minimum Gasteiger partial charge on any atom is -0.381 e. The topological polar surface area (TPSA) is 72.7 Å². The second-order valence-corrected chi connectivity index (χ2v) is 5.48. The van der Waals surface area contributed by atoms with Crippen molar-refractivity contribution in [3.8, 4) is 0 Å². The number of nitrogens with one attached hydrogen (secondary N) is 1. The van der Waals surface area contributed by atoms with Crippen LogP contribution in [0, 0.1) is 0 Å². The Morgan fingerprint density at radius 2 is 2.24 bits per heavy atom. The second kappa shape index (κ2) is 7.90. The number of unbranched alkanes of at least 4 members (excludes halogenated alkanes) is 1. The normalized spacial score (nSPS) is 10.9. The van der Waals surface area contributed by atoms with Gasteiger partial charge in [-0.25, -0.2) is 4.98 Å². The van der Waals surface area contributed by atoms with E-state index >= 15 is 0 Å². The van der Waals surface area contributed by atoms with E-state index in [0.717, 1.165) is 25.9 Å². The van der Waals surface area contributed by atoms with E-state index in [1.807, 2.05) is 0 Å². The number of ether oxygens (including phenoxy) is 1. The van der Waals surface area contributed by atoms with Crippen molar-refractivity contribution in [2.75, 3.05) is 19.8 Å². The third-order valence-corrected chi connectivity index (χ3v) is 3.75. The van der Waals surface area contributed by atoms with Crippen LogP contribution >= 0.6 is 11.3 Å². The van der Waals surface area contributed by atoms with Crippen molar-refractivity contribution < 1.29 is 9.53 Å². The van der Waals surface area contributed by atoms with E-state index in [1.54, 1.807) is 11.6 Å². The molecule has 1 amide bonds. The molecule has 0 radical (unpaired) electrons. The SMILES string of the molecule is CCCCOCCCNC(=O)c1cnc2sccn2c1=O. The van der Waals surface area contributed by atoms with E-state index in [0.29, 0.717) is 18.1 Å². The maximum atomic E-state index is 12.1. The number of nitrogens with zero attached hydrogens (tertiary/aromatic N) is 2. The molecular formula is C14H19N3O3S. The largest absolute Gasteiger partial charge is 0.381 e. The van der Waals surface area contributed by atoms with Gasteiger partial charge in [-0.15, -0.1) is 11.3 Å². The molecule has 2 heterocycles. The molecule has 0 aliphatic rings. The van der Waals surface area contributed by atoms with Gasteiger partial charge in [-0.3, -0.25) is 14.0 Å². The fourth-order valence-electron chi connectivity index (χ4n) is 1.80. The fraction of sp³-hybridized carbons (Fsp3) is 0.500. The smallest absolute Gasteiger partial charge is 0.271 e. The van der Waals surface area contributed by atoms with Gasteiger partial charge in [0.2, 0.25) is 0 Å². The van der Waals surface area contributed by atoms with Crippen molar-refractivity contribution in [2.24, 2.45) is 0 Å². The lowest BCUT2D eigenvalue weighted by atomic mass is 10.3. The highest BCUT2D eigenvalue weighted by molar-refractivity contribution is 7.15. The van der Waals surface area contributed by atoms with Crippen LogP contribution in [0.25, 0.3) is 4.96 Å². The maximum Gasteiger partial charge on any atom is 0.271 e. The maximum absolute atomic E-state index is 12.1. The fourth-order valence-corrected chi connectivity index (χ4v) is 2.48. The highest BCUT2D eigenvalue weighted by Crippen LogP contribution is 2.05. The van der Waals surface area contributed by atoms with E-state index < -0.39 is 0 Å². The third-order valence-electron chi connectivity index (χ3n) is 2.98. The lowest BCUT2D eigenvalue weighted by Crippen LogP contribution is -2.32. The van der Waals surface area contributed by atoms with Gasteiger partial charge in [0.15, 0.2) is 4.96 Å². The van der Waals surface area contributed by atoms with Gasteiger partial charge in [0, 0.05) is 37.5 Å². The van der Waals surface area contributed by atoms with Crippen LogP contribution in [-0.4, -0.2) is 35.1 Å². The molecule has 0 aliphatic heterocycles. The summed E-state index contributed by atoms with van der Waals surface area (Å²) in [6.45, 7) is 3.96. The molecule has 2 aromatic rings. The number of thiazole rings is 1. The van der Waals surface area contributed by atoms with E-state index in [1.165, 1.54) is 21.9 Å². The summed E-state index contributed by atoms with van der Waals surface area (Å²) < 4.78 is 6.79. The number of hydrogen-bond acceptors (Lipinski definition) is 5. The number of rotatable bonds is 8. The lowest BCUT2D eigenvalue weighted by Gasteiger charge is -2.05. The number of aromatic nitrogens is 2. The van der Waals surface area contributed by atoms with Gasteiger partial charge in [0.25, 0.3) is 11.5 Å². The molecule has 0 aliphatic carbocycles. The third kappa shape index (κ3) is 4.12. The highest BCUT2D eigenvalue weighted by Gasteiger charge is 2.12. The molecule has 6 nitrogen and oxygen atoms in total. The van der Waals surface area contributed by atoms with Crippen molar-refractivity contribution in [1.82, 2.24) is 14.7 Å². The van der Waals surface area contributed by atoms with Gasteiger partial charge < -0.3 is 10.1 Å². The Kier molecular flexibility index (Phi) is 5.89. The zero-order valence-electron chi connectivity index (χ0n) is 12.0. The van der Waals surface area contributed by atoms with Crippen LogP contribution < -0.4 is 10.9 Å². The molecule has 0 unspecified atom stereocenters. The van der Waals surface area contributed by atoms with Crippen molar-refractivity contribution in [3.05, 3.63) is 33.7 Å². The van der Waals surface area contributed by atoms with Gasteiger partial charge in [0.1, 0.15) is 5.56 Å². The minimum atomic E-state index is -0.387. The molecule has 0 fully saturated rings. The predicted octanol–water partition coefficient (Wildman–Crippen LogP) is 1.69. The van der Waals surface area contributed by atoms with E-state index in [-0.39, 0.29) is 17.0 Å². The number of carbonyl (C=O) groups is 1. The van der Waals surface area contributed by atoms with Crippen LogP contribution in [0.5, 0.6) is 0 Å². The average Bonchev–Trinajstić information content (AvgIpc) is 2.96. The molecule has 0 atom stereocenters. The molecular weight excluding hydrogens is 290 g/mol. The molecule has 0 bridgehead atoms. The number of hydrogen-bond donors (Lipinski definition) is 1. The molecule has 114 valence electrons. The summed E-state index contributed by atoms with van der Waals surface area (Å²) in [4.78, 5) is 28.7. The lowest BCUT2D eigenvalue weighted by molar-refractivity contribution is 0.0938. The molecule has 21 heavy (non-hydrogen) atoms. The molecule has 2 aromatic heterocycles. The Hall–Kier alpha value is -1.73. The molecule has 1 N–H and O–H groups in total. The summed E-state index contributed by atoms with van der Waals surface area (Å²) in [7, 11) is 0. The van der Waals surface area contributed by atoms with Crippen LogP contribution in [0.15, 0.2) is 22.6 Å². The summed E-state index contributed by atoms with van der Waals surface area (Å²) in [6.07, 6.45) is 5.84. The first-order valence-corrected chi connectivity index (χ1v) is 7.92. The summed E-state index contributed by atoms with van der Waals surface area (Å²) >= 11 is 1.36. The quantitative estimate of drug-likeness (QED) is 0.753. The Labute approximate surface area is 126 Å². The van der Waals surface area contributed by atoms with Crippen LogP contribution in [0.2, 0.25) is 0 Å². The Morgan fingerprint density at radius 3 is 3.05 bits per heavy atom. The molecule has 0 saturated heterocycles. The highest BCUT2D eigenvalue weighted by atomic mass is 32.1. The van der Waals surface area contributed by atoms with Gasteiger partial charge in [-0.2, -0.15) is 0 Å². The number of amides is 1. The summed E-state index contributed by atoms with van der Waals surface area (Å²) in [5.74, 6) is -0.387. The van der Waals surface area contributed by atoms with Crippen LogP contribution in [0.4, 0.5) is 0 Å². The van der Waals surface area contributed by atoms with Gasteiger partial charge in [0.05, 0.1) is 0 Å². The first-order valence-electron chi connectivity index (χ1n) is 7.05. The van der Waals surface area contributed by atoms with Crippen molar-refractivity contribution in [1.29, 1.82) is 0 Å². The Balaban J connectivity index is 1.82. The number of fused-ring (bicyclic) bond motifs is 1. The van der Waals surface area contributed by atoms with Crippen LogP contribution in [-0.2, 0) is 4.74 Å². The van der Waals surface area contributed by atoms with Crippen molar-refractivity contribution in [3.63, 3.8) is 0 Å². The van der Waals surface area contributed by atoms with E-state index in [2.05, 4.69) is 17.2 Å². The monoisotopic (exact) mass is 309 g/mol. The first-order chi connectivity index (χ1) is 10.2. The van der Waals surface area contributed by atoms with Gasteiger partial charge in [-0.1, -0.05) is 13.3 Å². The van der Waals surface area contributed by atoms with Gasteiger partial charge >= 0.3 is 0 Å². The van der Waals surface area contributed by atoms with E-state index in [9.17, 15) is 9.59 Å². The van der Waals surface area contributed by atoms with Crippen molar-refractivity contribution >= 4 is 22.2 Å². The molecule has 7 heteroatoms. The van der Waals surface area contributed by atoms with Gasteiger partial charge in [-0.05, 0) is 12.8 Å². The molecule has 0 spiro atoms. The Bertz CT molecular complexity index is 650. The zero-order chi connectivity index (χ0) is 15.1. The Morgan fingerprint density at radius 1 is 1.43 bits per heavy atom. The zero-order valence-corrected chi connectivity index (χ0v) is 12.8. The van der Waals surface area contributed by atoms with Crippen LogP contribution in [0.1, 0.15) is 36.5 Å². The number of carbonyl (C=O) groups excluding carboxylic acids is 1. The standard InChI is InChI=1S/C14H19N3O3S/c1-2-3-7-20-8-4-5-15-12(18)11-10-16-14-17(13(11)19)6-9-21-14/h6,9-10H,2-5,7-8H2,1H3,(H,15,18). The summed E-state index contributed by atoms with van der Waals surface area (Å²) in [5.41, 5.74) is -0.268. The molecule has 0 aromatic carbocycles. The summed E-state index contributed by atoms with van der Waals surface area (Å²) in [6, 6.07) is 0. The average molecular weight is 309 g/mol. The molecule has 0 saturated carbocycles. The predicted molar refractivity (Wildman–Crippen MR) is 82.0 cm³/mol. The summed E-state index contributed by atoms with van der Waals surface area (Å²) in [5, 5.41) is 4.48. The van der Waals surface area contributed by atoms with E-state index in [4.69, 9.17) is 4.74 Å². The second-order valence-electron chi connectivity index (χ2n) is 4.61. The van der Waals surface area contributed by atoms with Crippen molar-refractivity contribution in [2.45, 2.75) is 26.2 Å². The molecule has 2 rings (SSSR count).